The highest BCUT2D eigenvalue weighted by Gasteiger charge is 1.91. The number of carboxylic acids is 1. The predicted molar refractivity (Wildman–Crippen MR) is 67.0 cm³/mol. The first-order valence-corrected chi connectivity index (χ1v) is 5.85. The fourth-order valence-electron chi connectivity index (χ4n) is 1.07. The number of carbonyl (C=O) groups excluding carboxylic acids is 1. The lowest BCUT2D eigenvalue weighted by Gasteiger charge is -1.96. The predicted octanol–water partition coefficient (Wildman–Crippen LogP) is 1.03. The summed E-state index contributed by atoms with van der Waals surface area (Å²) in [6.45, 7) is 2.62. The topological polar surface area (TPSA) is 92.2 Å². The van der Waals surface area contributed by atoms with Crippen molar-refractivity contribution in [1.29, 1.82) is 0 Å². The van der Waals surface area contributed by atoms with Gasteiger partial charge in [0.2, 0.25) is 6.41 Å². The minimum absolute atomic E-state index is 0.316. The van der Waals surface area contributed by atoms with E-state index in [1.54, 1.807) is 12.4 Å². The highest BCUT2D eigenvalue weighted by Crippen LogP contribution is 1.92. The second-order valence-electron chi connectivity index (χ2n) is 3.57. The van der Waals surface area contributed by atoms with Gasteiger partial charge in [-0.1, -0.05) is 13.3 Å². The van der Waals surface area contributed by atoms with Crippen LogP contribution in [0, 0.1) is 0 Å². The van der Waals surface area contributed by atoms with Crippen LogP contribution in [0.5, 0.6) is 0 Å². The number of aromatic nitrogens is 2. The number of amides is 1. The Balaban J connectivity index is 0.000000360. The summed E-state index contributed by atoms with van der Waals surface area (Å²) in [6.07, 6.45) is 6.89. The minimum atomic E-state index is -0.693. The summed E-state index contributed by atoms with van der Waals surface area (Å²) in [4.78, 5) is 19.6. The Hall–Kier alpha value is -1.98. The molecule has 18 heavy (non-hydrogen) atoms. The van der Waals surface area contributed by atoms with E-state index < -0.39 is 5.97 Å². The van der Waals surface area contributed by atoms with Crippen molar-refractivity contribution >= 4 is 12.4 Å². The highest BCUT2D eigenvalue weighted by atomic mass is 16.4. The normalized spacial score (nSPS) is 8.94. The molecule has 100 valence electrons. The molecule has 6 nitrogen and oxygen atoms in total. The molecular weight excluding hydrogens is 234 g/mol. The third-order valence-electron chi connectivity index (χ3n) is 2.03. The van der Waals surface area contributed by atoms with Crippen molar-refractivity contribution in [3.8, 4) is 0 Å². The van der Waals surface area contributed by atoms with E-state index in [2.05, 4.69) is 15.5 Å². The number of carbonyl (C=O) groups is 2. The lowest BCUT2D eigenvalue weighted by Crippen LogP contribution is -2.14. The molecule has 1 rings (SSSR count). The zero-order valence-corrected chi connectivity index (χ0v) is 10.5. The van der Waals surface area contributed by atoms with E-state index >= 15 is 0 Å². The monoisotopic (exact) mass is 253 g/mol. The Bertz CT molecular complexity index is 331. The Morgan fingerprint density at radius 3 is 2.72 bits per heavy atom. The molecule has 1 amide bonds. The Kier molecular flexibility index (Phi) is 10.2. The van der Waals surface area contributed by atoms with Crippen LogP contribution < -0.4 is 5.32 Å². The summed E-state index contributed by atoms with van der Waals surface area (Å²) in [5.41, 5.74) is 1.08. The van der Waals surface area contributed by atoms with Crippen LogP contribution in [0.3, 0.4) is 0 Å². The van der Waals surface area contributed by atoms with Crippen LogP contribution in [0.1, 0.15) is 31.7 Å². The molecule has 0 saturated carbocycles. The van der Waals surface area contributed by atoms with Gasteiger partial charge in [0.05, 0.1) is 6.20 Å². The molecule has 1 heterocycles. The van der Waals surface area contributed by atoms with Crippen LogP contribution in [-0.4, -0.2) is 34.2 Å². The molecule has 0 aromatic carbocycles. The molecule has 6 heteroatoms. The number of nitrogens with zero attached hydrogens (tertiary/aromatic N) is 2. The van der Waals surface area contributed by atoms with Crippen molar-refractivity contribution in [3.05, 3.63) is 24.0 Å². The first-order chi connectivity index (χ1) is 8.70. The second kappa shape index (κ2) is 11.5. The maximum absolute atomic E-state index is 9.86. The Morgan fingerprint density at radius 1 is 1.50 bits per heavy atom. The van der Waals surface area contributed by atoms with Gasteiger partial charge in [0.1, 0.15) is 0 Å². The van der Waals surface area contributed by atoms with E-state index in [9.17, 15) is 9.59 Å². The van der Waals surface area contributed by atoms with Gasteiger partial charge in [0, 0.05) is 19.2 Å². The summed E-state index contributed by atoms with van der Waals surface area (Å²) in [6, 6.07) is 1.87. The van der Waals surface area contributed by atoms with Crippen molar-refractivity contribution in [1.82, 2.24) is 15.5 Å². The Labute approximate surface area is 106 Å². The van der Waals surface area contributed by atoms with E-state index in [-0.39, 0.29) is 0 Å². The number of aliphatic carboxylic acids is 1. The van der Waals surface area contributed by atoms with Crippen LogP contribution in [0.25, 0.3) is 0 Å². The smallest absolute Gasteiger partial charge is 0.303 e. The molecule has 0 fully saturated rings. The van der Waals surface area contributed by atoms with Crippen LogP contribution in [0.4, 0.5) is 0 Å². The molecule has 0 unspecified atom stereocenters. The lowest BCUT2D eigenvalue weighted by molar-refractivity contribution is -0.137. The maximum atomic E-state index is 9.86. The molecule has 0 spiro atoms. The van der Waals surface area contributed by atoms with Crippen LogP contribution >= 0.6 is 0 Å². The van der Waals surface area contributed by atoms with E-state index in [4.69, 9.17) is 5.11 Å². The molecule has 0 atom stereocenters. The quantitative estimate of drug-likeness (QED) is 0.559. The standard InChI is InChI=1S/C7H9N3O.C5H10O2/c11-6-8-3-1-7-2-4-9-10-5-7;1-2-3-4-5(6)7/h2,4-6H,1,3H2,(H,8,11);2-4H2,1H3,(H,6,7). The van der Waals surface area contributed by atoms with Gasteiger partial charge in [-0.15, -0.1) is 0 Å². The summed E-state index contributed by atoms with van der Waals surface area (Å²) < 4.78 is 0. The molecule has 0 radical (unpaired) electrons. The molecular formula is C12H19N3O3. The average Bonchev–Trinajstić information content (AvgIpc) is 2.39. The number of nitrogens with one attached hydrogen (secondary N) is 1. The van der Waals surface area contributed by atoms with Gasteiger partial charge in [0.15, 0.2) is 0 Å². The lowest BCUT2D eigenvalue weighted by atomic mass is 10.2. The van der Waals surface area contributed by atoms with Gasteiger partial charge in [-0.2, -0.15) is 10.2 Å². The van der Waals surface area contributed by atoms with Crippen LogP contribution in [0.15, 0.2) is 18.5 Å². The molecule has 1 aromatic rings. The third-order valence-corrected chi connectivity index (χ3v) is 2.03. The second-order valence-corrected chi connectivity index (χ2v) is 3.57. The van der Waals surface area contributed by atoms with Gasteiger partial charge >= 0.3 is 5.97 Å². The van der Waals surface area contributed by atoms with E-state index in [0.29, 0.717) is 19.4 Å². The van der Waals surface area contributed by atoms with E-state index in [0.717, 1.165) is 24.8 Å². The van der Waals surface area contributed by atoms with Crippen LogP contribution in [-0.2, 0) is 16.0 Å². The number of hydrogen-bond donors (Lipinski definition) is 2. The maximum Gasteiger partial charge on any atom is 0.303 e. The zero-order valence-electron chi connectivity index (χ0n) is 10.5. The number of rotatable bonds is 7. The van der Waals surface area contributed by atoms with E-state index in [1.165, 1.54) is 0 Å². The number of unbranched alkanes of at least 4 members (excludes halogenated alkanes) is 1. The molecule has 0 saturated heterocycles. The van der Waals surface area contributed by atoms with Crippen molar-refractivity contribution in [2.24, 2.45) is 0 Å². The molecule has 1 aromatic heterocycles. The van der Waals surface area contributed by atoms with Crippen LogP contribution in [0.2, 0.25) is 0 Å². The average molecular weight is 253 g/mol. The van der Waals surface area contributed by atoms with Gasteiger partial charge < -0.3 is 10.4 Å². The molecule has 2 N–H and O–H groups in total. The molecule has 0 aliphatic carbocycles. The third kappa shape index (κ3) is 10.5. The van der Waals surface area contributed by atoms with Gasteiger partial charge in [-0.25, -0.2) is 0 Å². The molecule has 0 bridgehead atoms. The van der Waals surface area contributed by atoms with Crippen molar-refractivity contribution in [3.63, 3.8) is 0 Å². The summed E-state index contributed by atoms with van der Waals surface area (Å²) in [5, 5.41) is 17.9. The number of carboxylic acid groups (broad SMARTS) is 1. The number of hydrogen-bond acceptors (Lipinski definition) is 4. The minimum Gasteiger partial charge on any atom is -0.481 e. The van der Waals surface area contributed by atoms with Crippen molar-refractivity contribution in [2.75, 3.05) is 6.54 Å². The first-order valence-electron chi connectivity index (χ1n) is 5.85. The fourth-order valence-corrected chi connectivity index (χ4v) is 1.07. The molecule has 0 aliphatic rings. The van der Waals surface area contributed by atoms with Gasteiger partial charge in [-0.05, 0) is 24.5 Å². The largest absolute Gasteiger partial charge is 0.481 e. The van der Waals surface area contributed by atoms with E-state index in [1.807, 2.05) is 13.0 Å². The Morgan fingerprint density at radius 2 is 2.28 bits per heavy atom. The highest BCUT2D eigenvalue weighted by molar-refractivity contribution is 5.66. The first kappa shape index (κ1) is 16.0. The SMILES string of the molecule is CCCCC(=O)O.O=CNCCc1ccnnc1. The summed E-state index contributed by atoms with van der Waals surface area (Å²) >= 11 is 0. The fraction of sp³-hybridized carbons (Fsp3) is 0.500. The summed E-state index contributed by atoms with van der Waals surface area (Å²) in [7, 11) is 0. The van der Waals surface area contributed by atoms with Gasteiger partial charge in [0.25, 0.3) is 0 Å². The summed E-state index contributed by atoms with van der Waals surface area (Å²) in [5.74, 6) is -0.693. The van der Waals surface area contributed by atoms with Gasteiger partial charge in [-0.3, -0.25) is 9.59 Å². The van der Waals surface area contributed by atoms with Crippen molar-refractivity contribution < 1.29 is 14.7 Å². The zero-order chi connectivity index (χ0) is 13.6. The molecule has 0 aliphatic heterocycles. The van der Waals surface area contributed by atoms with Crippen molar-refractivity contribution in [2.45, 2.75) is 32.6 Å².